The van der Waals surface area contributed by atoms with Crippen LogP contribution in [0.4, 0.5) is 0 Å². The maximum atomic E-state index is 6.17. The molecule has 0 saturated carbocycles. The number of hydrogen-bond acceptors (Lipinski definition) is 2. The van der Waals surface area contributed by atoms with Crippen molar-refractivity contribution in [2.75, 3.05) is 0 Å². The van der Waals surface area contributed by atoms with Gasteiger partial charge in [-0.1, -0.05) is 30.3 Å². The van der Waals surface area contributed by atoms with E-state index in [4.69, 9.17) is 9.40 Å². The summed E-state index contributed by atoms with van der Waals surface area (Å²) >= 11 is 0. The van der Waals surface area contributed by atoms with Crippen molar-refractivity contribution in [1.29, 1.82) is 0 Å². The highest BCUT2D eigenvalue weighted by Gasteiger charge is 2.15. The van der Waals surface area contributed by atoms with Crippen molar-refractivity contribution < 1.29 is 4.42 Å². The molecule has 0 spiro atoms. The molecule has 4 aromatic rings. The van der Waals surface area contributed by atoms with Gasteiger partial charge in [-0.15, -0.1) is 0 Å². The Labute approximate surface area is 129 Å². The summed E-state index contributed by atoms with van der Waals surface area (Å²) in [6.45, 7) is 6.29. The maximum Gasteiger partial charge on any atom is 0.161 e. The number of aromatic nitrogens is 1. The molecule has 0 amide bonds. The smallest absolute Gasteiger partial charge is 0.161 e. The quantitative estimate of drug-likeness (QED) is 0.457. The van der Waals surface area contributed by atoms with E-state index < -0.39 is 0 Å². The lowest BCUT2D eigenvalue weighted by Crippen LogP contribution is -1.87. The standard InChI is InChI=1S/C20H17NO/c1-12-9-16-17-11-14(3)21-19(15-7-5-4-6-8-15)20(17)22-18(16)10-13(12)2/h4-11H,1-3H3. The van der Waals surface area contributed by atoms with Crippen LogP contribution in [0.15, 0.2) is 52.9 Å². The van der Waals surface area contributed by atoms with Gasteiger partial charge >= 0.3 is 0 Å². The average molecular weight is 287 g/mol. The number of furan rings is 1. The molecule has 2 nitrogen and oxygen atoms in total. The van der Waals surface area contributed by atoms with E-state index in [0.717, 1.165) is 33.5 Å². The summed E-state index contributed by atoms with van der Waals surface area (Å²) in [7, 11) is 0. The Bertz CT molecular complexity index is 997. The molecule has 0 saturated heterocycles. The summed E-state index contributed by atoms with van der Waals surface area (Å²) in [5, 5.41) is 2.31. The first-order valence-electron chi connectivity index (χ1n) is 7.50. The highest BCUT2D eigenvalue weighted by Crippen LogP contribution is 2.36. The van der Waals surface area contributed by atoms with Crippen molar-refractivity contribution in [1.82, 2.24) is 4.98 Å². The van der Waals surface area contributed by atoms with Crippen molar-refractivity contribution in [3.05, 3.63) is 65.4 Å². The molecule has 2 heteroatoms. The molecule has 0 unspecified atom stereocenters. The summed E-state index contributed by atoms with van der Waals surface area (Å²) in [6, 6.07) is 16.7. The third kappa shape index (κ3) is 1.92. The van der Waals surface area contributed by atoms with Crippen molar-refractivity contribution in [3.8, 4) is 11.3 Å². The van der Waals surface area contributed by atoms with Gasteiger partial charge in [0, 0.05) is 22.0 Å². The fourth-order valence-corrected chi connectivity index (χ4v) is 2.95. The molecule has 2 aromatic heterocycles. The van der Waals surface area contributed by atoms with Gasteiger partial charge in [0.15, 0.2) is 5.58 Å². The molecule has 0 N–H and O–H groups in total. The Balaban J connectivity index is 2.14. The van der Waals surface area contributed by atoms with Crippen molar-refractivity contribution in [2.45, 2.75) is 20.8 Å². The van der Waals surface area contributed by atoms with Crippen LogP contribution in [0.25, 0.3) is 33.2 Å². The van der Waals surface area contributed by atoms with Crippen LogP contribution in [0.3, 0.4) is 0 Å². The zero-order valence-electron chi connectivity index (χ0n) is 13.0. The van der Waals surface area contributed by atoms with E-state index in [9.17, 15) is 0 Å². The number of benzene rings is 2. The largest absolute Gasteiger partial charge is 0.454 e. The second-order valence-corrected chi connectivity index (χ2v) is 5.89. The van der Waals surface area contributed by atoms with Crippen LogP contribution >= 0.6 is 0 Å². The molecule has 0 radical (unpaired) electrons. The minimum Gasteiger partial charge on any atom is -0.454 e. The predicted octanol–water partition coefficient (Wildman–Crippen LogP) is 5.57. The number of hydrogen-bond donors (Lipinski definition) is 0. The molecule has 0 aliphatic rings. The zero-order valence-corrected chi connectivity index (χ0v) is 13.0. The second kappa shape index (κ2) is 4.70. The van der Waals surface area contributed by atoms with Crippen LogP contribution in [0, 0.1) is 20.8 Å². The van der Waals surface area contributed by atoms with Gasteiger partial charge in [-0.3, -0.25) is 0 Å². The first-order chi connectivity index (χ1) is 10.6. The lowest BCUT2D eigenvalue weighted by atomic mass is 10.0. The minimum atomic E-state index is 0.872. The molecule has 4 rings (SSSR count). The molecule has 0 bridgehead atoms. The van der Waals surface area contributed by atoms with Gasteiger partial charge in [0.25, 0.3) is 0 Å². The predicted molar refractivity (Wildman–Crippen MR) is 91.2 cm³/mol. The number of nitrogens with zero attached hydrogens (tertiary/aromatic N) is 1. The number of aryl methyl sites for hydroxylation is 3. The fraction of sp³-hybridized carbons (Fsp3) is 0.150. The van der Waals surface area contributed by atoms with Crippen molar-refractivity contribution in [3.63, 3.8) is 0 Å². The summed E-state index contributed by atoms with van der Waals surface area (Å²) in [4.78, 5) is 4.72. The van der Waals surface area contributed by atoms with Crippen molar-refractivity contribution in [2.24, 2.45) is 0 Å². The Morgan fingerprint density at radius 1 is 0.818 bits per heavy atom. The molecular formula is C20H17NO. The van der Waals surface area contributed by atoms with Crippen LogP contribution in [-0.4, -0.2) is 4.98 Å². The third-order valence-corrected chi connectivity index (χ3v) is 4.25. The van der Waals surface area contributed by atoms with Gasteiger partial charge in [-0.25, -0.2) is 4.98 Å². The molecule has 22 heavy (non-hydrogen) atoms. The Hall–Kier alpha value is -2.61. The molecule has 0 fully saturated rings. The fourth-order valence-electron chi connectivity index (χ4n) is 2.95. The first-order valence-corrected chi connectivity index (χ1v) is 7.50. The summed E-state index contributed by atoms with van der Waals surface area (Å²) < 4.78 is 6.17. The molecule has 0 atom stereocenters. The van der Waals surface area contributed by atoms with E-state index in [0.29, 0.717) is 0 Å². The average Bonchev–Trinajstić information content (AvgIpc) is 2.85. The van der Waals surface area contributed by atoms with Crippen LogP contribution in [0.1, 0.15) is 16.8 Å². The summed E-state index contributed by atoms with van der Waals surface area (Å²) in [5.74, 6) is 0. The highest BCUT2D eigenvalue weighted by molar-refractivity contribution is 6.09. The van der Waals surface area contributed by atoms with E-state index in [2.05, 4.69) is 44.2 Å². The maximum absolute atomic E-state index is 6.17. The normalized spacial score (nSPS) is 11.4. The van der Waals surface area contributed by atoms with E-state index in [1.807, 2.05) is 25.1 Å². The van der Waals surface area contributed by atoms with Gasteiger partial charge in [-0.2, -0.15) is 0 Å². The van der Waals surface area contributed by atoms with Crippen LogP contribution in [0.2, 0.25) is 0 Å². The van der Waals surface area contributed by atoms with E-state index in [1.165, 1.54) is 16.5 Å². The molecule has 0 aliphatic heterocycles. The van der Waals surface area contributed by atoms with Gasteiger partial charge in [0.1, 0.15) is 11.3 Å². The lowest BCUT2D eigenvalue weighted by molar-refractivity contribution is 0.667. The first kappa shape index (κ1) is 13.1. The third-order valence-electron chi connectivity index (χ3n) is 4.25. The summed E-state index contributed by atoms with van der Waals surface area (Å²) in [6.07, 6.45) is 0. The lowest BCUT2D eigenvalue weighted by Gasteiger charge is -2.03. The molecule has 2 heterocycles. The SMILES string of the molecule is Cc1cc2c(oc3cc(C)c(C)cc32)c(-c2ccccc2)n1. The topological polar surface area (TPSA) is 26.0 Å². The van der Waals surface area contributed by atoms with Crippen LogP contribution < -0.4 is 0 Å². The van der Waals surface area contributed by atoms with Gasteiger partial charge in [0.2, 0.25) is 0 Å². The Morgan fingerprint density at radius 3 is 2.32 bits per heavy atom. The Morgan fingerprint density at radius 2 is 1.55 bits per heavy atom. The zero-order chi connectivity index (χ0) is 15.3. The van der Waals surface area contributed by atoms with E-state index in [1.54, 1.807) is 0 Å². The molecule has 0 aliphatic carbocycles. The molecule has 108 valence electrons. The van der Waals surface area contributed by atoms with Crippen LogP contribution in [0.5, 0.6) is 0 Å². The second-order valence-electron chi connectivity index (χ2n) is 5.89. The molecular weight excluding hydrogens is 270 g/mol. The number of fused-ring (bicyclic) bond motifs is 3. The van der Waals surface area contributed by atoms with E-state index >= 15 is 0 Å². The van der Waals surface area contributed by atoms with Crippen LogP contribution in [-0.2, 0) is 0 Å². The van der Waals surface area contributed by atoms with Gasteiger partial charge in [-0.05, 0) is 50.1 Å². The molecule has 2 aromatic carbocycles. The number of rotatable bonds is 1. The minimum absolute atomic E-state index is 0.872. The van der Waals surface area contributed by atoms with Gasteiger partial charge in [0.05, 0.1) is 0 Å². The number of pyridine rings is 1. The van der Waals surface area contributed by atoms with Crippen molar-refractivity contribution >= 4 is 21.9 Å². The highest BCUT2D eigenvalue weighted by atomic mass is 16.3. The van der Waals surface area contributed by atoms with Gasteiger partial charge < -0.3 is 4.42 Å². The Kier molecular flexibility index (Phi) is 2.80. The monoisotopic (exact) mass is 287 g/mol. The summed E-state index contributed by atoms with van der Waals surface area (Å²) in [5.41, 5.74) is 7.35. The van der Waals surface area contributed by atoms with E-state index in [-0.39, 0.29) is 0 Å².